The number of hydrogen-bond donors (Lipinski definition) is 3. The van der Waals surface area contributed by atoms with Crippen molar-refractivity contribution in [2.24, 2.45) is 5.10 Å². The van der Waals surface area contributed by atoms with Gasteiger partial charge < -0.3 is 9.84 Å². The van der Waals surface area contributed by atoms with Crippen LogP contribution in [0.4, 0.5) is 5.82 Å². The lowest BCUT2D eigenvalue weighted by atomic mass is 10.2. The van der Waals surface area contributed by atoms with Crippen LogP contribution < -0.4 is 15.9 Å². The average Bonchev–Trinajstić information content (AvgIpc) is 2.48. The molecule has 0 spiro atoms. The van der Waals surface area contributed by atoms with Crippen molar-refractivity contribution in [3.05, 3.63) is 38.3 Å². The van der Waals surface area contributed by atoms with Gasteiger partial charge in [-0.15, -0.1) is 0 Å². The number of hydrogen-bond acceptors (Lipinski definition) is 7. The molecule has 0 fully saturated rings. The Kier molecular flexibility index (Phi) is 5.10. The van der Waals surface area contributed by atoms with E-state index in [2.05, 4.69) is 41.6 Å². The summed E-state index contributed by atoms with van der Waals surface area (Å²) in [5, 5.41) is 19.8. The van der Waals surface area contributed by atoms with Crippen LogP contribution in [0.2, 0.25) is 0 Å². The minimum Gasteiger partial charge on any atom is -0.503 e. The molecule has 1 aromatic carbocycles. The molecule has 1 aromatic heterocycles. The second-order valence-corrected chi connectivity index (χ2v) is 5.08. The molecular formula is C13H14BrN5O3. The third kappa shape index (κ3) is 3.82. The number of nitrogens with zero attached hydrogens (tertiary/aromatic N) is 3. The highest BCUT2D eigenvalue weighted by Gasteiger charge is 2.08. The zero-order chi connectivity index (χ0) is 16.1. The second-order valence-electron chi connectivity index (χ2n) is 4.23. The summed E-state index contributed by atoms with van der Waals surface area (Å²) < 4.78 is 5.82. The molecule has 0 aliphatic heterocycles. The third-order valence-electron chi connectivity index (χ3n) is 2.61. The van der Waals surface area contributed by atoms with Crippen LogP contribution in [0.25, 0.3) is 0 Å². The Labute approximate surface area is 134 Å². The number of phenols is 1. The second kappa shape index (κ2) is 7.03. The van der Waals surface area contributed by atoms with Gasteiger partial charge in [0.25, 0.3) is 0 Å². The van der Waals surface area contributed by atoms with Gasteiger partial charge >= 0.3 is 5.69 Å². The maximum absolute atomic E-state index is 11.1. The molecule has 0 radical (unpaired) electrons. The molecule has 3 N–H and O–H groups in total. The number of aryl methyl sites for hydroxylation is 1. The number of nitrogens with one attached hydrogen (secondary N) is 2. The van der Waals surface area contributed by atoms with E-state index in [1.165, 1.54) is 6.21 Å². The van der Waals surface area contributed by atoms with Gasteiger partial charge in [0.1, 0.15) is 5.69 Å². The van der Waals surface area contributed by atoms with Gasteiger partial charge in [0, 0.05) is 0 Å². The Bertz CT molecular complexity index is 760. The number of hydrazone groups is 1. The number of aromatic nitrogens is 3. The maximum Gasteiger partial charge on any atom is 0.363 e. The number of ether oxygens (including phenoxy) is 1. The lowest BCUT2D eigenvalue weighted by Crippen LogP contribution is -2.15. The SMILES string of the molecule is CCOc1cc(/C=N/Nc2nc(=O)[nH]nc2C)cc(Br)c1O. The summed E-state index contributed by atoms with van der Waals surface area (Å²) in [6.45, 7) is 3.94. The summed E-state index contributed by atoms with van der Waals surface area (Å²) in [6, 6.07) is 3.32. The van der Waals surface area contributed by atoms with Gasteiger partial charge in [-0.2, -0.15) is 15.2 Å². The molecule has 1 heterocycles. The summed E-state index contributed by atoms with van der Waals surface area (Å²) in [5.74, 6) is 0.650. The van der Waals surface area contributed by atoms with Gasteiger partial charge in [0.15, 0.2) is 17.3 Å². The Morgan fingerprint density at radius 1 is 1.55 bits per heavy atom. The number of aromatic hydroxyl groups is 1. The van der Waals surface area contributed by atoms with Gasteiger partial charge in [-0.05, 0) is 47.5 Å². The van der Waals surface area contributed by atoms with Gasteiger partial charge in [-0.3, -0.25) is 5.43 Å². The molecule has 0 amide bonds. The molecule has 116 valence electrons. The van der Waals surface area contributed by atoms with Crippen LogP contribution in [-0.2, 0) is 0 Å². The summed E-state index contributed by atoms with van der Waals surface area (Å²) in [6.07, 6.45) is 1.51. The van der Waals surface area contributed by atoms with E-state index >= 15 is 0 Å². The van der Waals surface area contributed by atoms with Crippen molar-refractivity contribution in [1.82, 2.24) is 15.2 Å². The van der Waals surface area contributed by atoms with Crippen molar-refractivity contribution in [1.29, 1.82) is 0 Å². The van der Waals surface area contributed by atoms with Gasteiger partial charge in [-0.1, -0.05) is 0 Å². The van der Waals surface area contributed by atoms with Crippen LogP contribution in [0, 0.1) is 6.92 Å². The first-order chi connectivity index (χ1) is 10.5. The number of anilines is 1. The number of rotatable bonds is 5. The minimum absolute atomic E-state index is 0.0308. The summed E-state index contributed by atoms with van der Waals surface area (Å²) >= 11 is 3.25. The quantitative estimate of drug-likeness (QED) is 0.548. The van der Waals surface area contributed by atoms with E-state index in [1.807, 2.05) is 6.92 Å². The van der Waals surface area contributed by atoms with Crippen LogP contribution in [-0.4, -0.2) is 33.1 Å². The van der Waals surface area contributed by atoms with E-state index in [1.54, 1.807) is 19.1 Å². The van der Waals surface area contributed by atoms with Crippen LogP contribution in [0.3, 0.4) is 0 Å². The standard InChI is InChI=1S/C13H14BrN5O3/c1-3-22-10-5-8(4-9(14)11(10)20)6-15-18-12-7(2)17-19-13(21)16-12/h4-6,20H,3H2,1-2H3,(H2,16,18,19,21)/b15-6+. The van der Waals surface area contributed by atoms with Gasteiger partial charge in [0.2, 0.25) is 0 Å². The number of phenolic OH excluding ortho intramolecular Hbond substituents is 1. The molecule has 8 nitrogen and oxygen atoms in total. The first kappa shape index (κ1) is 16.0. The fraction of sp³-hybridized carbons (Fsp3) is 0.231. The van der Waals surface area contributed by atoms with Gasteiger partial charge in [-0.25, -0.2) is 9.89 Å². The Hall–Kier alpha value is -2.42. The van der Waals surface area contributed by atoms with Gasteiger partial charge in [0.05, 0.1) is 17.3 Å². The maximum atomic E-state index is 11.1. The summed E-state index contributed by atoms with van der Waals surface area (Å²) in [7, 11) is 0. The molecule has 2 rings (SSSR count). The molecule has 0 unspecified atom stereocenters. The van der Waals surface area contributed by atoms with Crippen LogP contribution in [0.5, 0.6) is 11.5 Å². The smallest absolute Gasteiger partial charge is 0.363 e. The normalized spacial score (nSPS) is 10.9. The Morgan fingerprint density at radius 3 is 3.05 bits per heavy atom. The first-order valence-corrected chi connectivity index (χ1v) is 7.18. The topological polar surface area (TPSA) is 112 Å². The van der Waals surface area contributed by atoms with Crippen molar-refractivity contribution >= 4 is 28.0 Å². The number of aromatic amines is 1. The lowest BCUT2D eigenvalue weighted by molar-refractivity contribution is 0.317. The van der Waals surface area contributed by atoms with E-state index < -0.39 is 5.69 Å². The van der Waals surface area contributed by atoms with E-state index in [0.29, 0.717) is 28.1 Å². The molecule has 9 heteroatoms. The fourth-order valence-electron chi connectivity index (χ4n) is 1.60. The molecule has 0 aliphatic rings. The van der Waals surface area contributed by atoms with Crippen molar-refractivity contribution in [2.45, 2.75) is 13.8 Å². The van der Waals surface area contributed by atoms with Crippen molar-refractivity contribution in [2.75, 3.05) is 12.0 Å². The molecule has 0 bridgehead atoms. The van der Waals surface area contributed by atoms with Crippen LogP contribution in [0.15, 0.2) is 26.5 Å². The summed E-state index contributed by atoms with van der Waals surface area (Å²) in [4.78, 5) is 14.8. The van der Waals surface area contributed by atoms with Crippen molar-refractivity contribution in [3.8, 4) is 11.5 Å². The third-order valence-corrected chi connectivity index (χ3v) is 3.21. The Balaban J connectivity index is 2.19. The molecular weight excluding hydrogens is 354 g/mol. The highest BCUT2D eigenvalue weighted by Crippen LogP contribution is 2.35. The number of benzene rings is 1. The summed E-state index contributed by atoms with van der Waals surface area (Å²) in [5.41, 5.74) is 3.29. The molecule has 0 saturated heterocycles. The fourth-order valence-corrected chi connectivity index (χ4v) is 2.06. The predicted octanol–water partition coefficient (Wildman–Crippen LogP) is 1.79. The highest BCUT2D eigenvalue weighted by atomic mass is 79.9. The van der Waals surface area contributed by atoms with Crippen molar-refractivity contribution < 1.29 is 9.84 Å². The van der Waals surface area contributed by atoms with E-state index in [9.17, 15) is 9.90 Å². The monoisotopic (exact) mass is 367 g/mol. The predicted molar refractivity (Wildman–Crippen MR) is 85.6 cm³/mol. The van der Waals surface area contributed by atoms with Crippen LogP contribution >= 0.6 is 15.9 Å². The minimum atomic E-state index is -0.561. The molecule has 22 heavy (non-hydrogen) atoms. The molecule has 0 aliphatic carbocycles. The zero-order valence-corrected chi connectivity index (χ0v) is 13.5. The van der Waals surface area contributed by atoms with E-state index in [0.717, 1.165) is 0 Å². The zero-order valence-electron chi connectivity index (χ0n) is 11.9. The highest BCUT2D eigenvalue weighted by molar-refractivity contribution is 9.10. The van der Waals surface area contributed by atoms with Crippen LogP contribution in [0.1, 0.15) is 18.2 Å². The van der Waals surface area contributed by atoms with Crippen molar-refractivity contribution in [3.63, 3.8) is 0 Å². The number of halogens is 1. The molecule has 2 aromatic rings. The van der Waals surface area contributed by atoms with E-state index in [4.69, 9.17) is 4.74 Å². The average molecular weight is 368 g/mol. The largest absolute Gasteiger partial charge is 0.503 e. The Morgan fingerprint density at radius 2 is 2.32 bits per heavy atom. The lowest BCUT2D eigenvalue weighted by Gasteiger charge is -2.08. The molecule has 0 saturated carbocycles. The molecule has 0 atom stereocenters. The first-order valence-electron chi connectivity index (χ1n) is 6.39. The van der Waals surface area contributed by atoms with E-state index in [-0.39, 0.29) is 11.6 Å². The number of H-pyrrole nitrogens is 1.